The maximum atomic E-state index is 11.8. The quantitative estimate of drug-likeness (QED) is 0.790. The van der Waals surface area contributed by atoms with E-state index in [1.54, 1.807) is 24.3 Å². The highest BCUT2D eigenvalue weighted by atomic mass is 32.2. The third kappa shape index (κ3) is 6.16. The molecule has 6 heteroatoms. The Kier molecular flexibility index (Phi) is 6.16. The fourth-order valence-corrected chi connectivity index (χ4v) is 2.60. The molecule has 2 N–H and O–H groups in total. The van der Waals surface area contributed by atoms with E-state index < -0.39 is 15.9 Å². The summed E-state index contributed by atoms with van der Waals surface area (Å²) in [6.07, 6.45) is 2.14. The van der Waals surface area contributed by atoms with Crippen LogP contribution in [0.4, 0.5) is 0 Å². The molecule has 1 amide bonds. The van der Waals surface area contributed by atoms with Crippen molar-refractivity contribution >= 4 is 15.7 Å². The molecule has 0 aliphatic carbocycles. The van der Waals surface area contributed by atoms with E-state index in [1.807, 2.05) is 6.92 Å². The first kappa shape index (κ1) is 16.7. The summed E-state index contributed by atoms with van der Waals surface area (Å²) in [6, 6.07) is 6.42. The molecule has 0 radical (unpaired) electrons. The molecule has 5 nitrogen and oxygen atoms in total. The van der Waals surface area contributed by atoms with Gasteiger partial charge < -0.3 is 10.4 Å². The van der Waals surface area contributed by atoms with Crippen molar-refractivity contribution in [2.24, 2.45) is 0 Å². The molecule has 0 bridgehead atoms. The van der Waals surface area contributed by atoms with Crippen molar-refractivity contribution in [3.8, 4) is 0 Å². The van der Waals surface area contributed by atoms with E-state index in [-0.39, 0.29) is 18.2 Å². The summed E-state index contributed by atoms with van der Waals surface area (Å²) in [7, 11) is -3.07. The molecule has 0 saturated heterocycles. The van der Waals surface area contributed by atoms with Gasteiger partial charge in [0.25, 0.3) is 5.91 Å². The molecule has 0 heterocycles. The van der Waals surface area contributed by atoms with Crippen molar-refractivity contribution in [1.82, 2.24) is 5.32 Å². The van der Waals surface area contributed by atoms with Gasteiger partial charge in [-0.15, -0.1) is 0 Å². The first-order valence-corrected chi connectivity index (χ1v) is 8.61. The molecule has 112 valence electrons. The molecule has 1 atom stereocenters. The Hall–Kier alpha value is -1.40. The van der Waals surface area contributed by atoms with E-state index >= 15 is 0 Å². The molecule has 0 saturated carbocycles. The average Bonchev–Trinajstić information content (AvgIpc) is 2.35. The Labute approximate surface area is 119 Å². The van der Waals surface area contributed by atoms with Crippen molar-refractivity contribution in [1.29, 1.82) is 0 Å². The number of aliphatic hydroxyl groups is 1. The van der Waals surface area contributed by atoms with Crippen molar-refractivity contribution in [2.45, 2.75) is 31.6 Å². The summed E-state index contributed by atoms with van der Waals surface area (Å²) in [5.41, 5.74) is 1.10. The van der Waals surface area contributed by atoms with Crippen molar-refractivity contribution in [2.75, 3.05) is 12.8 Å². The number of hydrogen-bond donors (Lipinski definition) is 2. The van der Waals surface area contributed by atoms with Gasteiger partial charge in [0.05, 0.1) is 11.9 Å². The molecule has 1 unspecified atom stereocenters. The van der Waals surface area contributed by atoms with Gasteiger partial charge in [-0.3, -0.25) is 4.79 Å². The number of aliphatic hydroxyl groups excluding tert-OH is 1. The van der Waals surface area contributed by atoms with Gasteiger partial charge in [-0.05, 0) is 24.1 Å². The lowest BCUT2D eigenvalue weighted by molar-refractivity contribution is 0.0910. The SMILES string of the molecule is CCCC(O)CNC(=O)c1ccc(CS(C)(=O)=O)cc1. The first-order chi connectivity index (χ1) is 9.31. The highest BCUT2D eigenvalue weighted by molar-refractivity contribution is 7.89. The van der Waals surface area contributed by atoms with Crippen LogP contribution in [-0.2, 0) is 15.6 Å². The zero-order chi connectivity index (χ0) is 15.2. The second-order valence-electron chi connectivity index (χ2n) is 4.92. The molecule has 1 aromatic rings. The van der Waals surface area contributed by atoms with Crippen LogP contribution < -0.4 is 5.32 Å². The molecular formula is C14H21NO4S. The minimum absolute atomic E-state index is 0.0376. The minimum Gasteiger partial charge on any atom is -0.391 e. The standard InChI is InChI=1S/C14H21NO4S/c1-3-4-13(16)9-15-14(17)12-7-5-11(6-8-12)10-20(2,18)19/h5-8,13,16H,3-4,9-10H2,1-2H3,(H,15,17). The van der Waals surface area contributed by atoms with Crippen LogP contribution in [0.2, 0.25) is 0 Å². The van der Waals surface area contributed by atoms with Crippen LogP contribution >= 0.6 is 0 Å². The molecular weight excluding hydrogens is 278 g/mol. The molecule has 1 rings (SSSR count). The maximum Gasteiger partial charge on any atom is 0.251 e. The molecule has 0 aliphatic rings. The van der Waals surface area contributed by atoms with Gasteiger partial charge in [0, 0.05) is 18.4 Å². The van der Waals surface area contributed by atoms with Gasteiger partial charge in [-0.1, -0.05) is 25.5 Å². The highest BCUT2D eigenvalue weighted by Gasteiger charge is 2.09. The Balaban J connectivity index is 2.57. The summed E-state index contributed by atoms with van der Waals surface area (Å²) in [4.78, 5) is 11.8. The third-order valence-electron chi connectivity index (χ3n) is 2.77. The van der Waals surface area contributed by atoms with Crippen LogP contribution in [0, 0.1) is 0 Å². The second-order valence-corrected chi connectivity index (χ2v) is 7.06. The number of carbonyl (C=O) groups excluding carboxylic acids is 1. The minimum atomic E-state index is -3.07. The number of rotatable bonds is 7. The van der Waals surface area contributed by atoms with Crippen LogP contribution in [0.25, 0.3) is 0 Å². The monoisotopic (exact) mass is 299 g/mol. The van der Waals surface area contributed by atoms with Crippen molar-refractivity contribution in [3.63, 3.8) is 0 Å². The second kappa shape index (κ2) is 7.40. The Bertz CT molecular complexity index is 537. The smallest absolute Gasteiger partial charge is 0.251 e. The normalized spacial score (nSPS) is 12.9. The van der Waals surface area contributed by atoms with Gasteiger partial charge >= 0.3 is 0 Å². The van der Waals surface area contributed by atoms with Gasteiger partial charge in [-0.25, -0.2) is 8.42 Å². The third-order valence-corrected chi connectivity index (χ3v) is 3.62. The van der Waals surface area contributed by atoms with Gasteiger partial charge in [0.15, 0.2) is 9.84 Å². The Morgan fingerprint density at radius 3 is 2.40 bits per heavy atom. The molecule has 20 heavy (non-hydrogen) atoms. The highest BCUT2D eigenvalue weighted by Crippen LogP contribution is 2.08. The van der Waals surface area contributed by atoms with Gasteiger partial charge in [0.1, 0.15) is 0 Å². The fraction of sp³-hybridized carbons (Fsp3) is 0.500. The van der Waals surface area contributed by atoms with Crippen LogP contribution in [0.5, 0.6) is 0 Å². The van der Waals surface area contributed by atoms with E-state index in [1.165, 1.54) is 6.26 Å². The Morgan fingerprint density at radius 1 is 1.30 bits per heavy atom. The lowest BCUT2D eigenvalue weighted by Gasteiger charge is -2.10. The maximum absolute atomic E-state index is 11.8. The van der Waals surface area contributed by atoms with E-state index in [2.05, 4.69) is 5.32 Å². The van der Waals surface area contributed by atoms with Crippen LogP contribution in [0.3, 0.4) is 0 Å². The Morgan fingerprint density at radius 2 is 1.90 bits per heavy atom. The molecule has 0 aliphatic heterocycles. The average molecular weight is 299 g/mol. The number of amides is 1. The van der Waals surface area contributed by atoms with Crippen molar-refractivity contribution < 1.29 is 18.3 Å². The number of nitrogens with one attached hydrogen (secondary N) is 1. The van der Waals surface area contributed by atoms with Gasteiger partial charge in [-0.2, -0.15) is 0 Å². The molecule has 0 aromatic heterocycles. The zero-order valence-corrected chi connectivity index (χ0v) is 12.6. The van der Waals surface area contributed by atoms with Crippen LogP contribution in [-0.4, -0.2) is 38.3 Å². The summed E-state index contributed by atoms with van der Waals surface area (Å²) in [5.74, 6) is -0.310. The number of benzene rings is 1. The predicted molar refractivity (Wildman–Crippen MR) is 78.2 cm³/mol. The van der Waals surface area contributed by atoms with Crippen molar-refractivity contribution in [3.05, 3.63) is 35.4 Å². The number of sulfone groups is 1. The fourth-order valence-electron chi connectivity index (χ4n) is 1.80. The van der Waals surface area contributed by atoms with E-state index in [0.29, 0.717) is 17.5 Å². The summed E-state index contributed by atoms with van der Waals surface area (Å²) in [6.45, 7) is 2.18. The van der Waals surface area contributed by atoms with Crippen LogP contribution in [0.1, 0.15) is 35.7 Å². The molecule has 0 fully saturated rings. The number of carbonyl (C=O) groups is 1. The van der Waals surface area contributed by atoms with E-state index in [4.69, 9.17) is 0 Å². The van der Waals surface area contributed by atoms with Crippen LogP contribution in [0.15, 0.2) is 24.3 Å². The topological polar surface area (TPSA) is 83.5 Å². The summed E-state index contributed by atoms with van der Waals surface area (Å²) >= 11 is 0. The van der Waals surface area contributed by atoms with Gasteiger partial charge in [0.2, 0.25) is 0 Å². The lowest BCUT2D eigenvalue weighted by Crippen LogP contribution is -2.31. The van der Waals surface area contributed by atoms with E-state index in [0.717, 1.165) is 6.42 Å². The lowest BCUT2D eigenvalue weighted by atomic mass is 10.1. The summed E-state index contributed by atoms with van der Waals surface area (Å²) in [5, 5.41) is 12.2. The predicted octanol–water partition coefficient (Wildman–Crippen LogP) is 1.12. The largest absolute Gasteiger partial charge is 0.391 e. The van der Waals surface area contributed by atoms with E-state index in [9.17, 15) is 18.3 Å². The first-order valence-electron chi connectivity index (χ1n) is 6.54. The molecule has 0 spiro atoms. The molecule has 1 aromatic carbocycles. The number of hydrogen-bond acceptors (Lipinski definition) is 4. The zero-order valence-electron chi connectivity index (χ0n) is 11.8. The summed E-state index contributed by atoms with van der Waals surface area (Å²) < 4.78 is 22.3.